The van der Waals surface area contributed by atoms with Crippen molar-refractivity contribution in [2.24, 2.45) is 0 Å². The van der Waals surface area contributed by atoms with Crippen molar-refractivity contribution < 1.29 is 10.2 Å². The minimum absolute atomic E-state index is 0.0861. The minimum Gasteiger partial charge on any atom is -0.393 e. The molecule has 0 saturated heterocycles. The van der Waals surface area contributed by atoms with Gasteiger partial charge in [0.25, 0.3) is 0 Å². The van der Waals surface area contributed by atoms with Crippen molar-refractivity contribution in [3.05, 3.63) is 44.8 Å². The van der Waals surface area contributed by atoms with Crippen molar-refractivity contribution in [3.63, 3.8) is 0 Å². The number of nitrogens with one attached hydrogen (secondary N) is 1. The monoisotopic (exact) mass is 283 g/mol. The van der Waals surface area contributed by atoms with Crippen LogP contribution in [0.4, 0.5) is 0 Å². The molecule has 1 atom stereocenters. The topological polar surface area (TPSA) is 52.5 Å². The Bertz CT molecular complexity index is 417. The Morgan fingerprint density at radius 3 is 2.17 bits per heavy atom. The van der Waals surface area contributed by atoms with Crippen molar-refractivity contribution in [1.82, 2.24) is 5.32 Å². The van der Waals surface area contributed by atoms with E-state index in [-0.39, 0.29) is 12.6 Å². The van der Waals surface area contributed by atoms with Crippen molar-refractivity contribution in [2.75, 3.05) is 13.2 Å². The molecule has 2 aromatic heterocycles. The van der Waals surface area contributed by atoms with E-state index in [0.717, 1.165) is 0 Å². The summed E-state index contributed by atoms with van der Waals surface area (Å²) < 4.78 is 0. The molecule has 3 nitrogen and oxygen atoms in total. The van der Waals surface area contributed by atoms with Crippen LogP contribution >= 0.6 is 22.7 Å². The molecule has 0 fully saturated rings. The van der Waals surface area contributed by atoms with Gasteiger partial charge in [0.05, 0.1) is 18.2 Å². The lowest BCUT2D eigenvalue weighted by molar-refractivity contribution is 0.00161. The largest absolute Gasteiger partial charge is 0.393 e. The molecule has 0 aliphatic carbocycles. The van der Waals surface area contributed by atoms with Crippen molar-refractivity contribution in [2.45, 2.75) is 18.6 Å². The molecule has 2 heterocycles. The van der Waals surface area contributed by atoms with Gasteiger partial charge in [-0.15, -0.1) is 22.7 Å². The van der Waals surface area contributed by atoms with E-state index in [1.165, 1.54) is 9.75 Å². The Kier molecular flexibility index (Phi) is 4.53. The average Bonchev–Trinajstić information content (AvgIpc) is 3.01. The molecule has 0 aliphatic rings. The maximum atomic E-state index is 9.86. The van der Waals surface area contributed by atoms with Gasteiger partial charge in [-0.3, -0.25) is 0 Å². The van der Waals surface area contributed by atoms with Gasteiger partial charge in [0, 0.05) is 16.3 Å². The number of rotatable bonds is 6. The highest BCUT2D eigenvalue weighted by molar-refractivity contribution is 7.11. The third-order valence-corrected chi connectivity index (χ3v) is 4.56. The molecule has 0 amide bonds. The van der Waals surface area contributed by atoms with Gasteiger partial charge in [0.1, 0.15) is 0 Å². The lowest BCUT2D eigenvalue weighted by Gasteiger charge is -2.24. The quantitative estimate of drug-likeness (QED) is 0.762. The summed E-state index contributed by atoms with van der Waals surface area (Å²) in [6.07, 6.45) is 0. The third kappa shape index (κ3) is 3.40. The Morgan fingerprint density at radius 1 is 1.22 bits per heavy atom. The second-order valence-corrected chi connectivity index (χ2v) is 6.46. The molecule has 0 saturated carbocycles. The molecule has 98 valence electrons. The van der Waals surface area contributed by atoms with Crippen LogP contribution in [-0.4, -0.2) is 29.0 Å². The van der Waals surface area contributed by atoms with Gasteiger partial charge in [0.2, 0.25) is 0 Å². The number of hydrogen-bond acceptors (Lipinski definition) is 5. The summed E-state index contributed by atoms with van der Waals surface area (Å²) in [4.78, 5) is 2.43. The van der Waals surface area contributed by atoms with E-state index in [0.29, 0.717) is 6.54 Å². The van der Waals surface area contributed by atoms with Crippen molar-refractivity contribution in [3.8, 4) is 0 Å². The maximum absolute atomic E-state index is 9.86. The molecule has 0 bridgehead atoms. The number of aliphatic hydroxyl groups is 2. The first-order valence-corrected chi connectivity index (χ1v) is 7.52. The molecular formula is C13H17NO2S2. The lowest BCUT2D eigenvalue weighted by atomic mass is 10.1. The van der Waals surface area contributed by atoms with Crippen LogP contribution in [0.3, 0.4) is 0 Å². The predicted molar refractivity (Wildman–Crippen MR) is 76.2 cm³/mol. The Hall–Kier alpha value is -0.720. The van der Waals surface area contributed by atoms with E-state index in [1.54, 1.807) is 29.6 Å². The summed E-state index contributed by atoms with van der Waals surface area (Å²) in [5, 5.41) is 26.4. The maximum Gasteiger partial charge on any atom is 0.0973 e. The second kappa shape index (κ2) is 5.95. The number of thiophene rings is 2. The molecule has 2 aromatic rings. The van der Waals surface area contributed by atoms with Gasteiger partial charge in [-0.05, 0) is 29.8 Å². The zero-order chi connectivity index (χ0) is 13.0. The molecule has 5 heteroatoms. The summed E-state index contributed by atoms with van der Waals surface area (Å²) in [5.74, 6) is 0. The molecule has 0 radical (unpaired) electrons. The standard InChI is InChI=1S/C13H17NO2S2/c1-13(16,9-15)8-14-12(10-4-2-6-17-10)11-5-3-7-18-11/h2-7,12,14-16H,8-9H2,1H3. The summed E-state index contributed by atoms with van der Waals surface area (Å²) in [6, 6.07) is 8.28. The fourth-order valence-electron chi connectivity index (χ4n) is 1.63. The smallest absolute Gasteiger partial charge is 0.0973 e. The van der Waals surface area contributed by atoms with Gasteiger partial charge >= 0.3 is 0 Å². The fourth-order valence-corrected chi connectivity index (χ4v) is 3.34. The van der Waals surface area contributed by atoms with E-state index >= 15 is 0 Å². The first kappa shape index (κ1) is 13.7. The molecule has 0 aliphatic heterocycles. The van der Waals surface area contributed by atoms with Crippen LogP contribution in [0.15, 0.2) is 35.0 Å². The van der Waals surface area contributed by atoms with Crippen LogP contribution in [0.2, 0.25) is 0 Å². The molecule has 3 N–H and O–H groups in total. The molecule has 1 unspecified atom stereocenters. The van der Waals surface area contributed by atoms with Crippen LogP contribution in [0.5, 0.6) is 0 Å². The molecule has 0 aromatic carbocycles. The summed E-state index contributed by atoms with van der Waals surface area (Å²) in [5.41, 5.74) is -1.09. The minimum atomic E-state index is -1.09. The Labute approximate surface area is 115 Å². The first-order valence-electron chi connectivity index (χ1n) is 5.76. The van der Waals surface area contributed by atoms with Gasteiger partial charge in [-0.25, -0.2) is 0 Å². The first-order chi connectivity index (χ1) is 8.62. The van der Waals surface area contributed by atoms with Crippen LogP contribution in [-0.2, 0) is 0 Å². The highest BCUT2D eigenvalue weighted by Crippen LogP contribution is 2.29. The molecule has 2 rings (SSSR count). The van der Waals surface area contributed by atoms with E-state index in [2.05, 4.69) is 17.4 Å². The fraction of sp³-hybridized carbons (Fsp3) is 0.385. The van der Waals surface area contributed by atoms with Crippen LogP contribution < -0.4 is 5.32 Å². The zero-order valence-corrected chi connectivity index (χ0v) is 11.8. The highest BCUT2D eigenvalue weighted by atomic mass is 32.1. The Balaban J connectivity index is 2.12. The average molecular weight is 283 g/mol. The lowest BCUT2D eigenvalue weighted by Crippen LogP contribution is -2.42. The SMILES string of the molecule is CC(O)(CO)CNC(c1cccs1)c1cccs1. The number of aliphatic hydroxyl groups excluding tert-OH is 1. The van der Waals surface area contributed by atoms with Gasteiger partial charge in [-0.2, -0.15) is 0 Å². The zero-order valence-electron chi connectivity index (χ0n) is 10.2. The normalized spacial score (nSPS) is 14.9. The Morgan fingerprint density at radius 2 is 1.78 bits per heavy atom. The van der Waals surface area contributed by atoms with E-state index in [9.17, 15) is 5.11 Å². The number of hydrogen-bond donors (Lipinski definition) is 3. The van der Waals surface area contributed by atoms with Crippen LogP contribution in [0, 0.1) is 0 Å². The van der Waals surface area contributed by atoms with Crippen molar-refractivity contribution >= 4 is 22.7 Å². The summed E-state index contributed by atoms with van der Waals surface area (Å²) in [6.45, 7) is 1.73. The van der Waals surface area contributed by atoms with Gasteiger partial charge < -0.3 is 15.5 Å². The molecule has 18 heavy (non-hydrogen) atoms. The summed E-state index contributed by atoms with van der Waals surface area (Å²) >= 11 is 3.37. The van der Waals surface area contributed by atoms with Crippen LogP contribution in [0.25, 0.3) is 0 Å². The van der Waals surface area contributed by atoms with Crippen molar-refractivity contribution in [1.29, 1.82) is 0 Å². The predicted octanol–water partition coefficient (Wildman–Crippen LogP) is 2.23. The van der Waals surface area contributed by atoms with Gasteiger partial charge in [-0.1, -0.05) is 12.1 Å². The van der Waals surface area contributed by atoms with E-state index < -0.39 is 5.60 Å². The molecular weight excluding hydrogens is 266 g/mol. The second-order valence-electron chi connectivity index (χ2n) is 4.50. The highest BCUT2D eigenvalue weighted by Gasteiger charge is 2.23. The van der Waals surface area contributed by atoms with E-state index in [4.69, 9.17) is 5.11 Å². The van der Waals surface area contributed by atoms with E-state index in [1.807, 2.05) is 22.9 Å². The van der Waals surface area contributed by atoms with Crippen LogP contribution in [0.1, 0.15) is 22.7 Å². The molecule has 0 spiro atoms. The summed E-state index contributed by atoms with van der Waals surface area (Å²) in [7, 11) is 0. The van der Waals surface area contributed by atoms with Gasteiger partial charge in [0.15, 0.2) is 0 Å². The third-order valence-electron chi connectivity index (χ3n) is 2.68.